The van der Waals surface area contributed by atoms with Crippen LogP contribution >= 0.6 is 22.9 Å². The number of nitrogens with zero attached hydrogens (tertiary/aromatic N) is 3. The Morgan fingerprint density at radius 2 is 1.81 bits per heavy atom. The maximum absolute atomic E-state index is 12.0. The first kappa shape index (κ1) is 24.1. The summed E-state index contributed by atoms with van der Waals surface area (Å²) < 4.78 is 0. The highest BCUT2D eigenvalue weighted by Crippen LogP contribution is 2.20. The smallest absolute Gasteiger partial charge is 0.321 e. The highest BCUT2D eigenvalue weighted by Gasteiger charge is 2.18. The van der Waals surface area contributed by atoms with Crippen molar-refractivity contribution >= 4 is 34.7 Å². The van der Waals surface area contributed by atoms with E-state index in [1.165, 1.54) is 50.2 Å². The summed E-state index contributed by atoms with van der Waals surface area (Å²) in [6, 6.07) is 9.87. The molecule has 0 saturated carbocycles. The van der Waals surface area contributed by atoms with E-state index in [9.17, 15) is 4.79 Å². The minimum Gasteiger partial charge on any atom is -0.322 e. The van der Waals surface area contributed by atoms with Gasteiger partial charge in [0, 0.05) is 48.3 Å². The van der Waals surface area contributed by atoms with Gasteiger partial charge in [-0.05, 0) is 81.5 Å². The Labute approximate surface area is 196 Å². The molecule has 0 atom stereocenters. The third-order valence-corrected chi connectivity index (χ3v) is 7.26. The minimum atomic E-state index is -0.0372. The van der Waals surface area contributed by atoms with E-state index in [0.29, 0.717) is 5.02 Å². The van der Waals surface area contributed by atoms with Crippen molar-refractivity contribution in [2.24, 2.45) is 0 Å². The van der Waals surface area contributed by atoms with E-state index in [4.69, 9.17) is 11.6 Å². The van der Waals surface area contributed by atoms with Crippen molar-refractivity contribution in [1.29, 1.82) is 0 Å². The number of hydrogen-bond donors (Lipinski definition) is 1. The largest absolute Gasteiger partial charge is 0.322 e. The number of piperazine rings is 1. The maximum atomic E-state index is 12.0. The number of piperidine rings is 1. The first-order valence-electron chi connectivity index (χ1n) is 11.3. The van der Waals surface area contributed by atoms with Crippen molar-refractivity contribution in [2.75, 3.05) is 58.2 Å². The monoisotopic (exact) mass is 462 g/mol. The van der Waals surface area contributed by atoms with Gasteiger partial charge in [-0.3, -0.25) is 0 Å². The molecule has 2 amide bonds. The van der Waals surface area contributed by atoms with Crippen LogP contribution in [0, 0.1) is 6.92 Å². The van der Waals surface area contributed by atoms with Gasteiger partial charge in [0.25, 0.3) is 0 Å². The van der Waals surface area contributed by atoms with Crippen LogP contribution in [0.1, 0.15) is 29.7 Å². The zero-order valence-corrected chi connectivity index (χ0v) is 20.4. The van der Waals surface area contributed by atoms with E-state index >= 15 is 0 Å². The van der Waals surface area contributed by atoms with Crippen LogP contribution in [0.4, 0.5) is 10.5 Å². The van der Waals surface area contributed by atoms with Gasteiger partial charge in [0.1, 0.15) is 0 Å². The van der Waals surface area contributed by atoms with Crippen LogP contribution in [0.15, 0.2) is 35.7 Å². The Morgan fingerprint density at radius 3 is 2.45 bits per heavy atom. The lowest BCUT2D eigenvalue weighted by molar-refractivity contribution is 0.164. The van der Waals surface area contributed by atoms with Crippen LogP contribution in [-0.2, 0) is 6.42 Å². The quantitative estimate of drug-likeness (QED) is 0.678. The Bertz CT molecular complexity index is 800. The summed E-state index contributed by atoms with van der Waals surface area (Å²) in [6.45, 7) is 9.23. The first-order chi connectivity index (χ1) is 15.0. The Morgan fingerprint density at radius 1 is 1.06 bits per heavy atom. The summed E-state index contributed by atoms with van der Waals surface area (Å²) in [5.41, 5.74) is 1.76. The molecule has 0 bridgehead atoms. The molecule has 1 aromatic carbocycles. The third kappa shape index (κ3) is 8.11. The molecule has 2 aliphatic rings. The molecule has 0 spiro atoms. The molecule has 0 radical (unpaired) electrons. The molecule has 2 aliphatic heterocycles. The molecule has 5 nitrogen and oxygen atoms in total. The van der Waals surface area contributed by atoms with Crippen LogP contribution in [0.2, 0.25) is 5.02 Å². The van der Waals surface area contributed by atoms with E-state index in [0.717, 1.165) is 37.4 Å². The van der Waals surface area contributed by atoms with Gasteiger partial charge in [-0.15, -0.1) is 11.3 Å². The molecule has 0 unspecified atom stereocenters. The predicted octanol–water partition coefficient (Wildman–Crippen LogP) is 5.20. The van der Waals surface area contributed by atoms with Crippen LogP contribution in [-0.4, -0.2) is 73.6 Å². The number of likely N-dealkylation sites (N-methyl/N-ethyl adjacent to an activating group) is 1. The molecule has 0 aliphatic carbocycles. The van der Waals surface area contributed by atoms with Crippen molar-refractivity contribution in [3.63, 3.8) is 0 Å². The van der Waals surface area contributed by atoms with Crippen molar-refractivity contribution in [3.8, 4) is 0 Å². The van der Waals surface area contributed by atoms with E-state index in [2.05, 4.69) is 39.7 Å². The zero-order chi connectivity index (χ0) is 22.1. The molecule has 170 valence electrons. The summed E-state index contributed by atoms with van der Waals surface area (Å²) in [5, 5.41) is 5.79. The third-order valence-electron chi connectivity index (χ3n) is 5.90. The van der Waals surface area contributed by atoms with E-state index in [1.54, 1.807) is 6.07 Å². The number of amides is 2. The average Bonchev–Trinajstić information content (AvgIpc) is 3.30. The Kier molecular flexibility index (Phi) is 9.65. The van der Waals surface area contributed by atoms with Crippen LogP contribution in [0.3, 0.4) is 0 Å². The minimum absolute atomic E-state index is 0.0372. The molecule has 3 heterocycles. The number of carbonyl (C=O) groups excluding carboxylic acids is 1. The van der Waals surface area contributed by atoms with E-state index < -0.39 is 0 Å². The van der Waals surface area contributed by atoms with Gasteiger partial charge in [-0.1, -0.05) is 24.1 Å². The van der Waals surface area contributed by atoms with E-state index in [-0.39, 0.29) is 6.03 Å². The second-order valence-corrected chi connectivity index (χ2v) is 9.86. The van der Waals surface area contributed by atoms with Gasteiger partial charge in [-0.25, -0.2) is 4.79 Å². The summed E-state index contributed by atoms with van der Waals surface area (Å²) in [5.74, 6) is 0. The van der Waals surface area contributed by atoms with Crippen molar-refractivity contribution < 1.29 is 4.79 Å². The summed E-state index contributed by atoms with van der Waals surface area (Å²) >= 11 is 7.84. The number of benzene rings is 1. The number of hydrogen-bond acceptors (Lipinski definition) is 4. The lowest BCUT2D eigenvalue weighted by Crippen LogP contribution is -2.48. The van der Waals surface area contributed by atoms with Crippen molar-refractivity contribution in [2.45, 2.75) is 32.6 Å². The number of nitrogens with one attached hydrogen (secondary N) is 1. The SMILES string of the molecule is Cc1cc(NC(=O)N2CCN(C)CC2)ccc1Cl.c1csc(CCN2CCCCC2)c1. The Hall–Kier alpha value is -1.60. The highest BCUT2D eigenvalue weighted by molar-refractivity contribution is 7.09. The summed E-state index contributed by atoms with van der Waals surface area (Å²) in [4.78, 5) is 20.2. The fraction of sp³-hybridized carbons (Fsp3) is 0.542. The maximum Gasteiger partial charge on any atom is 0.321 e. The number of thiophene rings is 1. The number of rotatable bonds is 4. The van der Waals surface area contributed by atoms with Gasteiger partial charge in [-0.2, -0.15) is 0 Å². The van der Waals surface area contributed by atoms with Gasteiger partial charge in [0.2, 0.25) is 0 Å². The van der Waals surface area contributed by atoms with Gasteiger partial charge < -0.3 is 20.0 Å². The van der Waals surface area contributed by atoms with Crippen LogP contribution in [0.25, 0.3) is 0 Å². The molecule has 31 heavy (non-hydrogen) atoms. The standard InChI is InChI=1S/C13H18ClN3O.C11H17NS/c1-10-9-11(3-4-12(10)14)15-13(18)17-7-5-16(2)6-8-17;1-2-7-12(8-3-1)9-6-11-5-4-10-13-11/h3-4,9H,5-8H2,1-2H3,(H,15,18);4-5,10H,1-3,6-9H2. The lowest BCUT2D eigenvalue weighted by atomic mass is 10.1. The molecule has 2 fully saturated rings. The van der Waals surface area contributed by atoms with Gasteiger partial charge in [0.15, 0.2) is 0 Å². The number of carbonyl (C=O) groups is 1. The molecule has 1 aromatic heterocycles. The average molecular weight is 463 g/mol. The zero-order valence-electron chi connectivity index (χ0n) is 18.8. The lowest BCUT2D eigenvalue weighted by Gasteiger charge is -2.32. The number of likely N-dealkylation sites (tertiary alicyclic amines) is 1. The Balaban J connectivity index is 0.000000185. The summed E-state index contributed by atoms with van der Waals surface area (Å²) in [7, 11) is 2.07. The highest BCUT2D eigenvalue weighted by atomic mass is 35.5. The number of anilines is 1. The molecule has 7 heteroatoms. The molecular formula is C24H35ClN4OS. The number of urea groups is 1. The number of aryl methyl sites for hydroxylation is 1. The van der Waals surface area contributed by atoms with Gasteiger partial charge in [0.05, 0.1) is 0 Å². The normalized spacial score (nSPS) is 17.7. The van der Waals surface area contributed by atoms with Gasteiger partial charge >= 0.3 is 6.03 Å². The molecule has 2 saturated heterocycles. The van der Waals surface area contributed by atoms with Crippen LogP contribution < -0.4 is 5.32 Å². The molecular weight excluding hydrogens is 428 g/mol. The molecule has 4 rings (SSSR count). The summed E-state index contributed by atoms with van der Waals surface area (Å²) in [6.07, 6.45) is 5.50. The second-order valence-electron chi connectivity index (χ2n) is 8.42. The van der Waals surface area contributed by atoms with E-state index in [1.807, 2.05) is 35.3 Å². The predicted molar refractivity (Wildman–Crippen MR) is 133 cm³/mol. The van der Waals surface area contributed by atoms with Crippen molar-refractivity contribution in [1.82, 2.24) is 14.7 Å². The molecule has 2 aromatic rings. The fourth-order valence-electron chi connectivity index (χ4n) is 3.84. The number of halogens is 1. The topological polar surface area (TPSA) is 38.8 Å². The first-order valence-corrected chi connectivity index (χ1v) is 12.5. The fourth-order valence-corrected chi connectivity index (χ4v) is 4.66. The molecule has 1 N–H and O–H groups in total. The second kappa shape index (κ2) is 12.4. The van der Waals surface area contributed by atoms with Crippen molar-refractivity contribution in [3.05, 3.63) is 51.2 Å². The van der Waals surface area contributed by atoms with Crippen LogP contribution in [0.5, 0.6) is 0 Å².